The van der Waals surface area contributed by atoms with Crippen LogP contribution < -0.4 is 5.14 Å². The number of primary sulfonamides is 1. The largest absolute Gasteiger partial charge is 0.334 e. The molecule has 0 aliphatic rings. The van der Waals surface area contributed by atoms with Gasteiger partial charge in [-0.1, -0.05) is 87.9 Å². The van der Waals surface area contributed by atoms with Crippen LogP contribution in [0.2, 0.25) is 0 Å². The molecule has 0 fully saturated rings. The molecule has 6 heteroatoms. The van der Waals surface area contributed by atoms with Crippen molar-refractivity contribution < 1.29 is 13.2 Å². The maximum Gasteiger partial charge on any atom is 0.238 e. The minimum Gasteiger partial charge on any atom is -0.334 e. The molecule has 2 N–H and O–H groups in total. The molecule has 0 radical (unpaired) electrons. The van der Waals surface area contributed by atoms with Crippen LogP contribution in [0.1, 0.15) is 69.4 Å². The Kier molecular flexibility index (Phi) is 10.0. The van der Waals surface area contributed by atoms with E-state index in [1.807, 2.05) is 35.2 Å². The SMILES string of the molecule is CCCCCCCCCC(=O)N(Cc1ccccc1)Cc1ccc(S(N)(=O)=O)cc1. The first-order valence-corrected chi connectivity index (χ1v) is 12.4. The second-order valence-electron chi connectivity index (χ2n) is 7.80. The van der Waals surface area contributed by atoms with E-state index < -0.39 is 10.0 Å². The highest BCUT2D eigenvalue weighted by atomic mass is 32.2. The number of nitrogens with zero attached hydrogens (tertiary/aromatic N) is 1. The van der Waals surface area contributed by atoms with Gasteiger partial charge in [0.25, 0.3) is 0 Å². The van der Waals surface area contributed by atoms with Gasteiger partial charge in [-0.2, -0.15) is 0 Å². The van der Waals surface area contributed by atoms with Gasteiger partial charge in [-0.25, -0.2) is 13.6 Å². The molecule has 2 rings (SSSR count). The van der Waals surface area contributed by atoms with E-state index in [0.29, 0.717) is 19.5 Å². The Hall–Kier alpha value is -2.18. The summed E-state index contributed by atoms with van der Waals surface area (Å²) >= 11 is 0. The van der Waals surface area contributed by atoms with Crippen molar-refractivity contribution in [1.29, 1.82) is 0 Å². The van der Waals surface area contributed by atoms with Crippen molar-refractivity contribution in [3.63, 3.8) is 0 Å². The molecule has 0 aliphatic heterocycles. The molecule has 0 saturated heterocycles. The number of nitrogens with two attached hydrogens (primary N) is 1. The van der Waals surface area contributed by atoms with Crippen LogP contribution in [-0.4, -0.2) is 19.2 Å². The molecular formula is C24H34N2O3S. The molecule has 2 aromatic rings. The Balaban J connectivity index is 1.97. The zero-order chi connectivity index (χ0) is 21.8. The van der Waals surface area contributed by atoms with E-state index in [1.54, 1.807) is 12.1 Å². The Morgan fingerprint density at radius 3 is 1.90 bits per heavy atom. The van der Waals surface area contributed by atoms with Crippen LogP contribution in [0.15, 0.2) is 59.5 Å². The summed E-state index contributed by atoms with van der Waals surface area (Å²) in [6.07, 6.45) is 8.75. The average Bonchev–Trinajstić information content (AvgIpc) is 2.73. The number of unbranched alkanes of at least 4 members (excludes halogenated alkanes) is 6. The fourth-order valence-corrected chi connectivity index (χ4v) is 3.95. The summed E-state index contributed by atoms with van der Waals surface area (Å²) in [4.78, 5) is 14.8. The highest BCUT2D eigenvalue weighted by Gasteiger charge is 2.15. The van der Waals surface area contributed by atoms with Crippen molar-refractivity contribution >= 4 is 15.9 Å². The van der Waals surface area contributed by atoms with Crippen LogP contribution in [0.3, 0.4) is 0 Å². The summed E-state index contributed by atoms with van der Waals surface area (Å²) < 4.78 is 22.9. The molecule has 5 nitrogen and oxygen atoms in total. The number of benzene rings is 2. The van der Waals surface area contributed by atoms with Gasteiger partial charge in [0, 0.05) is 19.5 Å². The molecule has 0 aliphatic carbocycles. The normalized spacial score (nSPS) is 11.4. The molecule has 30 heavy (non-hydrogen) atoms. The lowest BCUT2D eigenvalue weighted by Gasteiger charge is -2.23. The van der Waals surface area contributed by atoms with Gasteiger partial charge in [0.1, 0.15) is 0 Å². The van der Waals surface area contributed by atoms with E-state index in [4.69, 9.17) is 5.14 Å². The van der Waals surface area contributed by atoms with Crippen molar-refractivity contribution in [3.8, 4) is 0 Å². The maximum atomic E-state index is 12.9. The van der Waals surface area contributed by atoms with Crippen LogP contribution in [0, 0.1) is 0 Å². The zero-order valence-electron chi connectivity index (χ0n) is 17.9. The summed E-state index contributed by atoms with van der Waals surface area (Å²) in [7, 11) is -3.72. The van der Waals surface area contributed by atoms with Gasteiger partial charge in [0.05, 0.1) is 4.90 Å². The third-order valence-electron chi connectivity index (χ3n) is 5.19. The second-order valence-corrected chi connectivity index (χ2v) is 9.36. The molecule has 0 saturated carbocycles. The van der Waals surface area contributed by atoms with Gasteiger partial charge in [-0.15, -0.1) is 0 Å². The first-order valence-electron chi connectivity index (χ1n) is 10.8. The van der Waals surface area contributed by atoms with E-state index in [9.17, 15) is 13.2 Å². The summed E-state index contributed by atoms with van der Waals surface area (Å²) in [5.41, 5.74) is 1.96. The number of amides is 1. The van der Waals surface area contributed by atoms with Crippen molar-refractivity contribution in [2.75, 3.05) is 0 Å². The standard InChI is InChI=1S/C24H34N2O3S/c1-2-3-4-5-6-7-11-14-24(27)26(19-21-12-9-8-10-13-21)20-22-15-17-23(18-16-22)30(25,28)29/h8-10,12-13,15-18H,2-7,11,14,19-20H2,1H3,(H2,25,28,29). The predicted molar refractivity (Wildman–Crippen MR) is 121 cm³/mol. The second kappa shape index (κ2) is 12.5. The average molecular weight is 431 g/mol. The molecule has 2 aromatic carbocycles. The van der Waals surface area contributed by atoms with Gasteiger partial charge in [0.2, 0.25) is 15.9 Å². The number of carbonyl (C=O) groups excluding carboxylic acids is 1. The first-order chi connectivity index (χ1) is 14.4. The van der Waals surface area contributed by atoms with Gasteiger partial charge in [-0.05, 0) is 29.7 Å². The molecule has 0 aromatic heterocycles. The summed E-state index contributed by atoms with van der Waals surface area (Å²) in [5, 5.41) is 5.17. The van der Waals surface area contributed by atoms with Crippen molar-refractivity contribution in [2.24, 2.45) is 5.14 Å². The highest BCUT2D eigenvalue weighted by molar-refractivity contribution is 7.89. The number of rotatable bonds is 13. The number of sulfonamides is 1. The lowest BCUT2D eigenvalue weighted by Crippen LogP contribution is -2.30. The highest BCUT2D eigenvalue weighted by Crippen LogP contribution is 2.16. The lowest BCUT2D eigenvalue weighted by atomic mass is 10.1. The van der Waals surface area contributed by atoms with Crippen LogP contribution in [0.25, 0.3) is 0 Å². The Morgan fingerprint density at radius 2 is 1.33 bits per heavy atom. The third kappa shape index (κ3) is 8.67. The van der Waals surface area contributed by atoms with E-state index in [-0.39, 0.29) is 10.8 Å². The van der Waals surface area contributed by atoms with Crippen molar-refractivity contribution in [3.05, 3.63) is 65.7 Å². The molecule has 0 spiro atoms. The molecule has 164 valence electrons. The summed E-state index contributed by atoms with van der Waals surface area (Å²) in [6, 6.07) is 16.3. The summed E-state index contributed by atoms with van der Waals surface area (Å²) in [5.74, 6) is 0.128. The molecule has 1 amide bonds. The molecule has 0 unspecified atom stereocenters. The Labute approximate surface area is 181 Å². The quantitative estimate of drug-likeness (QED) is 0.454. The minimum absolute atomic E-state index is 0.0789. The fourth-order valence-electron chi connectivity index (χ4n) is 3.43. The van der Waals surface area contributed by atoms with Crippen LogP contribution >= 0.6 is 0 Å². The van der Waals surface area contributed by atoms with Crippen LogP contribution in [0.4, 0.5) is 0 Å². The van der Waals surface area contributed by atoms with Gasteiger partial charge >= 0.3 is 0 Å². The van der Waals surface area contributed by atoms with E-state index in [0.717, 1.165) is 24.0 Å². The van der Waals surface area contributed by atoms with Crippen molar-refractivity contribution in [2.45, 2.75) is 76.3 Å². The predicted octanol–water partition coefficient (Wildman–Crippen LogP) is 5.00. The third-order valence-corrected chi connectivity index (χ3v) is 6.12. The molecule has 0 bridgehead atoms. The van der Waals surface area contributed by atoms with Crippen LogP contribution in [0.5, 0.6) is 0 Å². The maximum absolute atomic E-state index is 12.9. The van der Waals surface area contributed by atoms with Crippen molar-refractivity contribution in [1.82, 2.24) is 4.90 Å². The molecule has 0 heterocycles. The lowest BCUT2D eigenvalue weighted by molar-refractivity contribution is -0.132. The summed E-state index contributed by atoms with van der Waals surface area (Å²) in [6.45, 7) is 3.19. The van der Waals surface area contributed by atoms with Gasteiger partial charge in [-0.3, -0.25) is 4.79 Å². The minimum atomic E-state index is -3.72. The van der Waals surface area contributed by atoms with E-state index >= 15 is 0 Å². The topological polar surface area (TPSA) is 80.5 Å². The number of hydrogen-bond acceptors (Lipinski definition) is 3. The molecule has 0 atom stereocenters. The Morgan fingerprint density at radius 1 is 0.800 bits per heavy atom. The first kappa shape index (κ1) is 24.1. The van der Waals surface area contributed by atoms with E-state index in [2.05, 4.69) is 6.92 Å². The zero-order valence-corrected chi connectivity index (χ0v) is 18.7. The van der Waals surface area contributed by atoms with Crippen LogP contribution in [-0.2, 0) is 27.9 Å². The smallest absolute Gasteiger partial charge is 0.238 e. The Bertz CT molecular complexity index is 865. The number of hydrogen-bond donors (Lipinski definition) is 1. The van der Waals surface area contributed by atoms with Gasteiger partial charge < -0.3 is 4.90 Å². The fraction of sp³-hybridized carbons (Fsp3) is 0.458. The molecular weight excluding hydrogens is 396 g/mol. The van der Waals surface area contributed by atoms with E-state index in [1.165, 1.54) is 44.2 Å². The van der Waals surface area contributed by atoms with Gasteiger partial charge in [0.15, 0.2) is 0 Å². The number of carbonyl (C=O) groups is 1. The monoisotopic (exact) mass is 430 g/mol.